The van der Waals surface area contributed by atoms with E-state index in [0.717, 1.165) is 25.7 Å². The SMILES string of the molecule is C[C@H](OC(=O)CNC(=O)c1ccc(Br)o1)C(=O)NC1CCCCCC1. The molecule has 2 rings (SSSR count). The third-order valence-corrected chi connectivity index (χ3v) is 4.50. The monoisotopic (exact) mass is 414 g/mol. The summed E-state index contributed by atoms with van der Waals surface area (Å²) >= 11 is 3.09. The Labute approximate surface area is 155 Å². The molecule has 1 heterocycles. The molecular weight excluding hydrogens is 392 g/mol. The van der Waals surface area contributed by atoms with Crippen molar-refractivity contribution in [1.29, 1.82) is 0 Å². The maximum atomic E-state index is 12.1. The molecule has 0 aromatic carbocycles. The third kappa shape index (κ3) is 6.53. The summed E-state index contributed by atoms with van der Waals surface area (Å²) in [5, 5.41) is 5.32. The standard InChI is InChI=1S/C17H23BrN2O5/c1-11(16(22)20-12-6-4-2-3-5-7-12)24-15(21)10-19-17(23)13-8-9-14(18)25-13/h8-9,11-12H,2-7,10H2,1H3,(H,19,23)(H,20,22)/t11-/m0/s1. The minimum atomic E-state index is -0.898. The van der Waals surface area contributed by atoms with Crippen LogP contribution in [0, 0.1) is 0 Å². The highest BCUT2D eigenvalue weighted by molar-refractivity contribution is 9.10. The van der Waals surface area contributed by atoms with Crippen molar-refractivity contribution in [3.8, 4) is 0 Å². The summed E-state index contributed by atoms with van der Waals surface area (Å²) < 4.78 is 10.6. The maximum absolute atomic E-state index is 12.1. The van der Waals surface area contributed by atoms with Crippen LogP contribution in [0.5, 0.6) is 0 Å². The lowest BCUT2D eigenvalue weighted by atomic mass is 10.1. The molecule has 8 heteroatoms. The number of hydrogen-bond donors (Lipinski definition) is 2. The van der Waals surface area contributed by atoms with E-state index in [1.807, 2.05) is 0 Å². The first kappa shape index (κ1) is 19.5. The van der Waals surface area contributed by atoms with Gasteiger partial charge >= 0.3 is 5.97 Å². The van der Waals surface area contributed by atoms with Crippen molar-refractivity contribution in [1.82, 2.24) is 10.6 Å². The van der Waals surface area contributed by atoms with Crippen LogP contribution in [0.15, 0.2) is 21.2 Å². The van der Waals surface area contributed by atoms with Crippen molar-refractivity contribution in [2.75, 3.05) is 6.54 Å². The van der Waals surface area contributed by atoms with E-state index < -0.39 is 18.0 Å². The number of carbonyl (C=O) groups is 3. The fourth-order valence-corrected chi connectivity index (χ4v) is 3.02. The average Bonchev–Trinajstić information content (AvgIpc) is 2.85. The molecule has 1 aliphatic carbocycles. The Kier molecular flexibility index (Phi) is 7.49. The normalized spacial score (nSPS) is 16.6. The van der Waals surface area contributed by atoms with Gasteiger partial charge in [0.15, 0.2) is 16.5 Å². The minimum absolute atomic E-state index is 0.0823. The van der Waals surface area contributed by atoms with Gasteiger partial charge in [-0.3, -0.25) is 14.4 Å². The molecule has 1 aromatic heterocycles. The largest absolute Gasteiger partial charge is 0.451 e. The van der Waals surface area contributed by atoms with E-state index in [2.05, 4.69) is 26.6 Å². The first-order chi connectivity index (χ1) is 12.0. The van der Waals surface area contributed by atoms with Gasteiger partial charge in [0, 0.05) is 6.04 Å². The van der Waals surface area contributed by atoms with Gasteiger partial charge in [-0.25, -0.2) is 0 Å². The zero-order chi connectivity index (χ0) is 18.2. The topological polar surface area (TPSA) is 97.6 Å². The quantitative estimate of drug-likeness (QED) is 0.550. The molecule has 138 valence electrons. The van der Waals surface area contributed by atoms with Gasteiger partial charge < -0.3 is 19.8 Å². The molecule has 1 aromatic rings. The van der Waals surface area contributed by atoms with Gasteiger partial charge in [-0.2, -0.15) is 0 Å². The van der Waals surface area contributed by atoms with Crippen molar-refractivity contribution in [3.05, 3.63) is 22.6 Å². The van der Waals surface area contributed by atoms with E-state index in [-0.39, 0.29) is 24.3 Å². The number of hydrogen-bond acceptors (Lipinski definition) is 5. The van der Waals surface area contributed by atoms with Crippen molar-refractivity contribution < 1.29 is 23.5 Å². The molecule has 0 spiro atoms. The molecule has 1 aliphatic rings. The Morgan fingerprint density at radius 1 is 1.24 bits per heavy atom. The highest BCUT2D eigenvalue weighted by atomic mass is 79.9. The Hall–Kier alpha value is -1.83. The highest BCUT2D eigenvalue weighted by Crippen LogP contribution is 2.17. The van der Waals surface area contributed by atoms with Gasteiger partial charge in [0.25, 0.3) is 11.8 Å². The first-order valence-corrected chi connectivity index (χ1v) is 9.28. The number of amides is 2. The Balaban J connectivity index is 1.71. The summed E-state index contributed by atoms with van der Waals surface area (Å²) in [6.45, 7) is 1.19. The summed E-state index contributed by atoms with van der Waals surface area (Å²) in [7, 11) is 0. The number of rotatable bonds is 6. The molecule has 1 atom stereocenters. The predicted octanol–water partition coefficient (Wildman–Crippen LogP) is 2.54. The Bertz CT molecular complexity index is 608. The van der Waals surface area contributed by atoms with Crippen LogP contribution in [-0.4, -0.2) is 36.5 Å². The molecule has 2 amide bonds. The molecule has 25 heavy (non-hydrogen) atoms. The summed E-state index contributed by atoms with van der Waals surface area (Å²) in [4.78, 5) is 35.7. The lowest BCUT2D eigenvalue weighted by Crippen LogP contribution is -2.43. The second-order valence-electron chi connectivity index (χ2n) is 6.12. The molecule has 7 nitrogen and oxygen atoms in total. The molecular formula is C17H23BrN2O5. The van der Waals surface area contributed by atoms with E-state index in [1.165, 1.54) is 25.8 Å². The number of halogens is 1. The second kappa shape index (κ2) is 9.60. The van der Waals surface area contributed by atoms with Gasteiger partial charge in [-0.05, 0) is 47.8 Å². The van der Waals surface area contributed by atoms with Crippen molar-refractivity contribution in [2.45, 2.75) is 57.6 Å². The van der Waals surface area contributed by atoms with Gasteiger partial charge in [0.2, 0.25) is 0 Å². The van der Waals surface area contributed by atoms with Crippen LogP contribution in [-0.2, 0) is 14.3 Å². The second-order valence-corrected chi connectivity index (χ2v) is 6.90. The van der Waals surface area contributed by atoms with Crippen LogP contribution < -0.4 is 10.6 Å². The minimum Gasteiger partial charge on any atom is -0.451 e. The number of esters is 1. The van der Waals surface area contributed by atoms with Crippen LogP contribution in [0.3, 0.4) is 0 Å². The van der Waals surface area contributed by atoms with Gasteiger partial charge in [-0.15, -0.1) is 0 Å². The Morgan fingerprint density at radius 2 is 1.92 bits per heavy atom. The fourth-order valence-electron chi connectivity index (χ4n) is 2.71. The summed E-state index contributed by atoms with van der Waals surface area (Å²) in [5.41, 5.74) is 0. The molecule has 0 radical (unpaired) electrons. The maximum Gasteiger partial charge on any atom is 0.326 e. The van der Waals surface area contributed by atoms with Crippen molar-refractivity contribution in [3.63, 3.8) is 0 Å². The zero-order valence-electron chi connectivity index (χ0n) is 14.2. The molecule has 2 N–H and O–H groups in total. The van der Waals surface area contributed by atoms with Crippen LogP contribution >= 0.6 is 15.9 Å². The van der Waals surface area contributed by atoms with Crippen LogP contribution in [0.2, 0.25) is 0 Å². The van der Waals surface area contributed by atoms with Gasteiger partial charge in [-0.1, -0.05) is 25.7 Å². The van der Waals surface area contributed by atoms with E-state index in [1.54, 1.807) is 6.07 Å². The fraction of sp³-hybridized carbons (Fsp3) is 0.588. The molecule has 0 saturated heterocycles. The highest BCUT2D eigenvalue weighted by Gasteiger charge is 2.22. The Morgan fingerprint density at radius 3 is 2.52 bits per heavy atom. The third-order valence-electron chi connectivity index (χ3n) is 4.07. The summed E-state index contributed by atoms with van der Waals surface area (Å²) in [5.74, 6) is -1.43. The van der Waals surface area contributed by atoms with Gasteiger partial charge in [0.05, 0.1) is 0 Å². The van der Waals surface area contributed by atoms with Crippen molar-refractivity contribution >= 4 is 33.7 Å². The number of carbonyl (C=O) groups excluding carboxylic acids is 3. The summed E-state index contributed by atoms with van der Waals surface area (Å²) in [6.07, 6.45) is 5.63. The lowest BCUT2D eigenvalue weighted by Gasteiger charge is -2.19. The smallest absolute Gasteiger partial charge is 0.326 e. The van der Waals surface area contributed by atoms with Gasteiger partial charge in [0.1, 0.15) is 6.54 Å². The lowest BCUT2D eigenvalue weighted by molar-refractivity contribution is -0.154. The summed E-state index contributed by atoms with van der Waals surface area (Å²) in [6, 6.07) is 3.20. The first-order valence-electron chi connectivity index (χ1n) is 8.49. The van der Waals surface area contributed by atoms with E-state index in [9.17, 15) is 14.4 Å². The number of ether oxygens (including phenoxy) is 1. The van der Waals surface area contributed by atoms with Crippen LogP contribution in [0.25, 0.3) is 0 Å². The molecule has 0 aliphatic heterocycles. The van der Waals surface area contributed by atoms with Crippen molar-refractivity contribution in [2.24, 2.45) is 0 Å². The molecule has 0 unspecified atom stereocenters. The van der Waals surface area contributed by atoms with E-state index in [0.29, 0.717) is 4.67 Å². The predicted molar refractivity (Wildman–Crippen MR) is 93.9 cm³/mol. The van der Waals surface area contributed by atoms with Crippen LogP contribution in [0.4, 0.5) is 0 Å². The number of nitrogens with one attached hydrogen (secondary N) is 2. The molecule has 1 saturated carbocycles. The van der Waals surface area contributed by atoms with Crippen LogP contribution in [0.1, 0.15) is 56.0 Å². The number of furan rings is 1. The average molecular weight is 415 g/mol. The zero-order valence-corrected chi connectivity index (χ0v) is 15.8. The van der Waals surface area contributed by atoms with E-state index in [4.69, 9.17) is 9.15 Å². The molecule has 1 fully saturated rings. The molecule has 0 bridgehead atoms. The van der Waals surface area contributed by atoms with E-state index >= 15 is 0 Å².